The fourth-order valence-electron chi connectivity index (χ4n) is 10.3. The minimum absolute atomic E-state index is 0.0343. The van der Waals surface area contributed by atoms with E-state index in [0.29, 0.717) is 17.4 Å². The van der Waals surface area contributed by atoms with Gasteiger partial charge in [-0.05, 0) is 115 Å². The smallest absolute Gasteiger partial charge is 0.456 e. The van der Waals surface area contributed by atoms with Crippen LogP contribution in [0.3, 0.4) is 0 Å². The molecule has 0 aromatic carbocycles. The summed E-state index contributed by atoms with van der Waals surface area (Å²) in [6.07, 6.45) is 92.4. The molecule has 1 amide bonds. The van der Waals surface area contributed by atoms with Crippen LogP contribution in [0.4, 0.5) is 0 Å². The quantitative estimate of drug-likeness (QED) is 0.0205. The number of likely N-dealkylation sites (N-methyl/N-ethyl adjacent to an activating group) is 1. The highest BCUT2D eigenvalue weighted by atomic mass is 31.2. The lowest BCUT2D eigenvalue weighted by molar-refractivity contribution is -0.870. The van der Waals surface area contributed by atoms with E-state index in [1.807, 2.05) is 33.3 Å². The van der Waals surface area contributed by atoms with Gasteiger partial charge in [-0.2, -0.15) is 0 Å². The van der Waals surface area contributed by atoms with E-state index in [9.17, 15) is 19.0 Å². The molecule has 0 fully saturated rings. The number of amides is 1. The molecule has 0 rings (SSSR count). The number of phosphoric ester groups is 1. The van der Waals surface area contributed by atoms with Gasteiger partial charge in [0.05, 0.1) is 33.8 Å². The van der Waals surface area contributed by atoms with Crippen molar-refractivity contribution in [1.82, 2.24) is 5.32 Å². The van der Waals surface area contributed by atoms with Gasteiger partial charge in [-0.15, -0.1) is 0 Å². The number of rotatable bonds is 66. The summed E-state index contributed by atoms with van der Waals surface area (Å²) in [4.78, 5) is 38.0. The number of carbonyl (C=O) groups excluding carboxylic acids is 2. The van der Waals surface area contributed by atoms with Crippen LogP contribution >= 0.6 is 7.82 Å². The molecule has 88 heavy (non-hydrogen) atoms. The van der Waals surface area contributed by atoms with Crippen LogP contribution in [0.2, 0.25) is 0 Å². The number of ether oxygens (including phenoxy) is 1. The second kappa shape index (κ2) is 66.6. The Kier molecular flexibility index (Phi) is 64.1. The third-order valence-corrected chi connectivity index (χ3v) is 16.9. The van der Waals surface area contributed by atoms with Gasteiger partial charge in [0.1, 0.15) is 19.3 Å². The largest absolute Gasteiger partial charge is 0.472 e. The lowest BCUT2D eigenvalue weighted by Gasteiger charge is -2.27. The average Bonchev–Trinajstić information content (AvgIpc) is 3.66. The number of phosphoric acid groups is 1. The number of esters is 1. The van der Waals surface area contributed by atoms with Gasteiger partial charge in [0.2, 0.25) is 5.91 Å². The molecular weight excluding hydrogens is 1110 g/mol. The molecular formula is C78H140N2O7P+. The molecule has 0 aromatic rings. The molecule has 0 saturated carbocycles. The first-order chi connectivity index (χ1) is 42.9. The Balaban J connectivity index is 5.06. The number of hydrogen-bond acceptors (Lipinski definition) is 6. The fourth-order valence-corrected chi connectivity index (χ4v) is 11.1. The summed E-state index contributed by atoms with van der Waals surface area (Å²) in [6.45, 7) is 6.89. The molecule has 0 bridgehead atoms. The zero-order valence-electron chi connectivity index (χ0n) is 58.2. The van der Waals surface area contributed by atoms with Crippen LogP contribution in [-0.2, 0) is 27.9 Å². The summed E-state index contributed by atoms with van der Waals surface area (Å²) in [5, 5.41) is 3.07. The van der Waals surface area contributed by atoms with Crippen LogP contribution in [0, 0.1) is 0 Å². The van der Waals surface area contributed by atoms with Crippen molar-refractivity contribution in [3.8, 4) is 0 Å². The Bertz CT molecular complexity index is 1870. The van der Waals surface area contributed by atoms with Crippen LogP contribution in [-0.4, -0.2) is 74.3 Å². The minimum atomic E-state index is -4.46. The first kappa shape index (κ1) is 84.7. The summed E-state index contributed by atoms with van der Waals surface area (Å²) in [5.74, 6) is -0.512. The van der Waals surface area contributed by atoms with E-state index >= 15 is 0 Å². The van der Waals surface area contributed by atoms with Gasteiger partial charge in [-0.1, -0.05) is 304 Å². The van der Waals surface area contributed by atoms with Gasteiger partial charge in [0.15, 0.2) is 0 Å². The summed E-state index contributed by atoms with van der Waals surface area (Å²) >= 11 is 0. The van der Waals surface area contributed by atoms with E-state index in [-0.39, 0.29) is 31.5 Å². The number of hydrogen-bond donors (Lipinski definition) is 2. The molecule has 0 spiro atoms. The average molecular weight is 1250 g/mol. The standard InChI is InChI=1S/C78H139N2O7P/c1-7-10-13-16-19-22-25-28-30-32-34-36-38-39-40-41-43-44-46-48-50-52-55-58-61-64-67-70-77(81)79-75(74-86-88(83,84)85-73-72-80(4,5)6)76(69-66-63-60-57-54-27-24-21-18-15-12-9-3)87-78(82)71-68-65-62-59-56-53-51-49-47-45-42-37-35-33-31-29-26-23-20-17-14-11-8-2/h10,13,19-20,22-23,28-31,34,36,39-40,43-44,66,69,75-76H,7-9,11-12,14-18,21,24-27,32-33,35,37-38,41-42,45-65,67-68,70-74H2,1-6H3,(H-,79,81,83,84)/p+1/b13-10-,22-19-,23-20-,30-28-,31-29-,36-34-,40-39-,44-43-,69-66-. The second-order valence-electron chi connectivity index (χ2n) is 25.7. The molecule has 0 radical (unpaired) electrons. The van der Waals surface area contributed by atoms with Crippen molar-refractivity contribution >= 4 is 19.7 Å². The highest BCUT2D eigenvalue weighted by Gasteiger charge is 2.30. The molecule has 9 nitrogen and oxygen atoms in total. The number of quaternary nitrogens is 1. The SMILES string of the molecule is CC/C=C\C/C=C\C/C=C\C/C=C\C/C=C\C/C=C\CCCCCCCCCCC(=O)NC(COP(=O)(O)OCC[N+](C)(C)C)C(/C=C\CCCCCCCCCCCC)OC(=O)CCCCCCCCCCCCCCC/C=C\C/C=C\CCCCC. The summed E-state index contributed by atoms with van der Waals surface area (Å²) in [6, 6.07) is -0.861. The summed E-state index contributed by atoms with van der Waals surface area (Å²) in [7, 11) is 1.48. The summed E-state index contributed by atoms with van der Waals surface area (Å²) < 4.78 is 30.9. The maximum atomic E-state index is 13.6. The molecule has 2 N–H and O–H groups in total. The molecule has 3 unspecified atom stereocenters. The van der Waals surface area contributed by atoms with E-state index < -0.39 is 20.0 Å². The monoisotopic (exact) mass is 1250 g/mol. The molecule has 3 atom stereocenters. The van der Waals surface area contributed by atoms with E-state index in [1.165, 1.54) is 173 Å². The Morgan fingerprint density at radius 1 is 0.409 bits per heavy atom. The van der Waals surface area contributed by atoms with Crippen LogP contribution in [0.1, 0.15) is 323 Å². The predicted molar refractivity (Wildman–Crippen MR) is 383 cm³/mol. The number of nitrogens with zero attached hydrogens (tertiary/aromatic N) is 1. The van der Waals surface area contributed by atoms with Crippen LogP contribution in [0.15, 0.2) is 109 Å². The highest BCUT2D eigenvalue weighted by molar-refractivity contribution is 7.47. The van der Waals surface area contributed by atoms with Crippen molar-refractivity contribution in [2.45, 2.75) is 335 Å². The highest BCUT2D eigenvalue weighted by Crippen LogP contribution is 2.43. The van der Waals surface area contributed by atoms with Crippen LogP contribution < -0.4 is 5.32 Å². The van der Waals surface area contributed by atoms with E-state index in [0.717, 1.165) is 116 Å². The molecule has 0 aliphatic carbocycles. The van der Waals surface area contributed by atoms with E-state index in [2.05, 4.69) is 123 Å². The fraction of sp³-hybridized carbons (Fsp3) is 0.744. The third-order valence-electron chi connectivity index (χ3n) is 15.9. The van der Waals surface area contributed by atoms with Gasteiger partial charge in [-0.3, -0.25) is 18.6 Å². The third kappa shape index (κ3) is 67.1. The molecule has 0 aliphatic rings. The second-order valence-corrected chi connectivity index (χ2v) is 27.2. The first-order valence-corrected chi connectivity index (χ1v) is 38.2. The van der Waals surface area contributed by atoms with Gasteiger partial charge in [0.25, 0.3) is 0 Å². The topological polar surface area (TPSA) is 111 Å². The molecule has 508 valence electrons. The van der Waals surface area contributed by atoms with Crippen molar-refractivity contribution in [2.24, 2.45) is 0 Å². The Labute approximate surface area is 544 Å². The Morgan fingerprint density at radius 2 is 0.727 bits per heavy atom. The molecule has 0 saturated heterocycles. The van der Waals surface area contributed by atoms with Gasteiger partial charge in [0, 0.05) is 12.8 Å². The zero-order valence-corrected chi connectivity index (χ0v) is 59.1. The van der Waals surface area contributed by atoms with Gasteiger partial charge < -0.3 is 19.4 Å². The maximum Gasteiger partial charge on any atom is 0.472 e. The van der Waals surface area contributed by atoms with E-state index in [4.69, 9.17) is 13.8 Å². The first-order valence-electron chi connectivity index (χ1n) is 36.7. The van der Waals surface area contributed by atoms with Crippen molar-refractivity contribution in [3.05, 3.63) is 109 Å². The van der Waals surface area contributed by atoms with Crippen LogP contribution in [0.25, 0.3) is 0 Å². The van der Waals surface area contributed by atoms with Gasteiger partial charge in [-0.25, -0.2) is 4.57 Å². The number of allylic oxidation sites excluding steroid dienone is 17. The zero-order chi connectivity index (χ0) is 64.2. The Morgan fingerprint density at radius 3 is 1.11 bits per heavy atom. The minimum Gasteiger partial charge on any atom is -0.456 e. The number of nitrogens with one attached hydrogen (secondary N) is 1. The number of unbranched alkanes of at least 4 members (excludes halogenated alkanes) is 34. The Hall–Kier alpha value is -3.33. The predicted octanol–water partition coefficient (Wildman–Crippen LogP) is 23.6. The van der Waals surface area contributed by atoms with Crippen molar-refractivity contribution in [3.63, 3.8) is 0 Å². The normalized spacial score (nSPS) is 14.1. The molecule has 0 heterocycles. The molecule has 0 aromatic heterocycles. The van der Waals surface area contributed by atoms with Crippen molar-refractivity contribution in [2.75, 3.05) is 40.9 Å². The summed E-state index contributed by atoms with van der Waals surface area (Å²) in [5.41, 5.74) is 0. The van der Waals surface area contributed by atoms with Gasteiger partial charge >= 0.3 is 13.8 Å². The van der Waals surface area contributed by atoms with Crippen LogP contribution in [0.5, 0.6) is 0 Å². The maximum absolute atomic E-state index is 13.6. The lowest BCUT2D eigenvalue weighted by atomic mass is 10.0. The molecule has 0 aliphatic heterocycles. The van der Waals surface area contributed by atoms with E-state index in [1.54, 1.807) is 0 Å². The van der Waals surface area contributed by atoms with Crippen molar-refractivity contribution in [1.29, 1.82) is 0 Å². The lowest BCUT2D eigenvalue weighted by Crippen LogP contribution is -2.47. The number of carbonyl (C=O) groups is 2. The van der Waals surface area contributed by atoms with Crippen molar-refractivity contribution < 1.29 is 37.3 Å². The molecule has 10 heteroatoms.